The van der Waals surface area contributed by atoms with E-state index in [1.165, 1.54) is 35.8 Å². The normalized spacial score (nSPS) is 16.9. The van der Waals surface area contributed by atoms with Crippen LogP contribution in [0, 0.1) is 0 Å². The lowest BCUT2D eigenvalue weighted by Crippen LogP contribution is -2.54. The summed E-state index contributed by atoms with van der Waals surface area (Å²) in [6.07, 6.45) is 0.709. The summed E-state index contributed by atoms with van der Waals surface area (Å²) in [6.45, 7) is 3.23. The molecule has 1 aliphatic heterocycles. The molecule has 2 rings (SSSR count). The van der Waals surface area contributed by atoms with Crippen molar-refractivity contribution in [2.75, 3.05) is 18.5 Å². The van der Waals surface area contributed by atoms with Gasteiger partial charge in [0.25, 0.3) is 5.91 Å². The van der Waals surface area contributed by atoms with Crippen LogP contribution in [0.5, 0.6) is 0 Å². The van der Waals surface area contributed by atoms with Crippen molar-refractivity contribution in [3.05, 3.63) is 29.8 Å². The predicted octanol–water partition coefficient (Wildman–Crippen LogP) is -0.0630. The van der Waals surface area contributed by atoms with Gasteiger partial charge in [-0.3, -0.25) is 24.0 Å². The molecule has 0 spiro atoms. The van der Waals surface area contributed by atoms with Crippen molar-refractivity contribution in [2.24, 2.45) is 0 Å². The highest BCUT2D eigenvalue weighted by Gasteiger charge is 2.37. The number of nitrogens with one attached hydrogen (secondary N) is 2. The van der Waals surface area contributed by atoms with Crippen LogP contribution >= 0.6 is 0 Å². The molecular weight excluding hydrogens is 432 g/mol. The molecule has 1 aliphatic rings. The maximum Gasteiger partial charge on any atom is 0.305 e. The monoisotopic (exact) mass is 460 g/mol. The highest BCUT2D eigenvalue weighted by Crippen LogP contribution is 2.19. The van der Waals surface area contributed by atoms with Gasteiger partial charge in [0, 0.05) is 31.8 Å². The Bertz CT molecular complexity index is 931. The zero-order chi connectivity index (χ0) is 24.7. The Morgan fingerprint density at radius 2 is 1.82 bits per heavy atom. The molecule has 0 unspecified atom stereocenters. The number of rotatable bonds is 9. The predicted molar refractivity (Wildman–Crippen MR) is 117 cm³/mol. The lowest BCUT2D eigenvalue weighted by molar-refractivity contribution is -0.141. The van der Waals surface area contributed by atoms with Crippen molar-refractivity contribution in [3.63, 3.8) is 0 Å². The number of carbonyl (C=O) groups excluding carboxylic acids is 5. The zero-order valence-electron chi connectivity index (χ0n) is 18.7. The average molecular weight is 460 g/mol. The van der Waals surface area contributed by atoms with Gasteiger partial charge in [-0.1, -0.05) is 0 Å². The minimum atomic E-state index is -1.23. The van der Waals surface area contributed by atoms with Crippen molar-refractivity contribution < 1.29 is 33.9 Å². The molecule has 3 atom stereocenters. The van der Waals surface area contributed by atoms with Crippen LogP contribution in [0.2, 0.25) is 0 Å². The molecule has 1 saturated heterocycles. The van der Waals surface area contributed by atoms with Crippen molar-refractivity contribution in [1.82, 2.24) is 15.5 Å². The van der Waals surface area contributed by atoms with E-state index in [1.807, 2.05) is 0 Å². The van der Waals surface area contributed by atoms with Gasteiger partial charge >= 0.3 is 5.97 Å². The van der Waals surface area contributed by atoms with Crippen LogP contribution in [0.25, 0.3) is 0 Å². The molecule has 11 heteroatoms. The van der Waals surface area contributed by atoms with E-state index in [0.717, 1.165) is 0 Å². The van der Waals surface area contributed by atoms with Crippen molar-refractivity contribution in [3.8, 4) is 0 Å². The highest BCUT2D eigenvalue weighted by atomic mass is 16.4. The largest absolute Gasteiger partial charge is 0.481 e. The standard InChI is InChI=1S/C22H28N4O7/c1-13(23-20(31)15-6-8-17(9-7-15)25(3)14(2)28)22(33)26-10-4-5-18(26)21(32)24-16(12-27)11-19(29)30/h6-9,12-13,16,18H,4-5,10-11H2,1-3H3,(H,23,31)(H,24,32)(H,29,30)/t13-,16-,18-/m0/s1. The number of carbonyl (C=O) groups is 6. The van der Waals surface area contributed by atoms with E-state index in [-0.39, 0.29) is 5.91 Å². The van der Waals surface area contributed by atoms with E-state index in [4.69, 9.17) is 5.11 Å². The minimum Gasteiger partial charge on any atom is -0.481 e. The van der Waals surface area contributed by atoms with Gasteiger partial charge in [0.1, 0.15) is 18.4 Å². The fourth-order valence-electron chi connectivity index (χ4n) is 3.51. The summed E-state index contributed by atoms with van der Waals surface area (Å²) in [5, 5.41) is 13.8. The molecule has 33 heavy (non-hydrogen) atoms. The maximum atomic E-state index is 12.9. The van der Waals surface area contributed by atoms with Crippen LogP contribution in [0.1, 0.15) is 43.5 Å². The smallest absolute Gasteiger partial charge is 0.305 e. The summed E-state index contributed by atoms with van der Waals surface area (Å²) in [5.74, 6) is -2.95. The third-order valence-corrected chi connectivity index (χ3v) is 5.43. The summed E-state index contributed by atoms with van der Waals surface area (Å²) in [5.41, 5.74) is 0.916. The number of benzene rings is 1. The second kappa shape index (κ2) is 11.2. The third kappa shape index (κ3) is 6.61. The SMILES string of the molecule is CC(=O)N(C)c1ccc(C(=O)N[C@@H](C)C(=O)N2CCC[C@H]2C(=O)N[C@H](C=O)CC(=O)O)cc1. The van der Waals surface area contributed by atoms with Crippen LogP contribution in [-0.2, 0) is 24.0 Å². The number of carboxylic acid groups (broad SMARTS) is 1. The summed E-state index contributed by atoms with van der Waals surface area (Å²) in [4.78, 5) is 74.0. The Morgan fingerprint density at radius 1 is 1.18 bits per heavy atom. The molecule has 0 radical (unpaired) electrons. The van der Waals surface area contributed by atoms with Crippen LogP contribution in [0.15, 0.2) is 24.3 Å². The first-order valence-electron chi connectivity index (χ1n) is 10.5. The Hall–Kier alpha value is -3.76. The van der Waals surface area contributed by atoms with E-state index < -0.39 is 48.2 Å². The number of hydrogen-bond donors (Lipinski definition) is 3. The first-order valence-corrected chi connectivity index (χ1v) is 10.5. The van der Waals surface area contributed by atoms with Crippen LogP contribution in [0.4, 0.5) is 5.69 Å². The van der Waals surface area contributed by atoms with E-state index >= 15 is 0 Å². The molecule has 1 aromatic rings. The number of amides is 4. The van der Waals surface area contributed by atoms with Crippen LogP contribution < -0.4 is 15.5 Å². The van der Waals surface area contributed by atoms with Crippen LogP contribution in [0.3, 0.4) is 0 Å². The highest BCUT2D eigenvalue weighted by molar-refractivity contribution is 5.99. The molecular formula is C22H28N4O7. The molecule has 0 saturated carbocycles. The van der Waals surface area contributed by atoms with Gasteiger partial charge < -0.3 is 30.3 Å². The summed E-state index contributed by atoms with van der Waals surface area (Å²) in [7, 11) is 1.61. The molecule has 178 valence electrons. The minimum absolute atomic E-state index is 0.155. The fourth-order valence-corrected chi connectivity index (χ4v) is 3.51. The van der Waals surface area contributed by atoms with E-state index in [0.29, 0.717) is 36.9 Å². The number of hydrogen-bond acceptors (Lipinski definition) is 6. The van der Waals surface area contributed by atoms with E-state index in [1.54, 1.807) is 19.2 Å². The number of nitrogens with zero attached hydrogens (tertiary/aromatic N) is 2. The Labute approximate surface area is 191 Å². The zero-order valence-corrected chi connectivity index (χ0v) is 18.7. The first kappa shape index (κ1) is 25.5. The van der Waals surface area contributed by atoms with Gasteiger partial charge in [-0.05, 0) is 44.0 Å². The molecule has 1 fully saturated rings. The number of aliphatic carboxylic acids is 1. The quantitative estimate of drug-likeness (QED) is 0.436. The Balaban J connectivity index is 2.00. The second-order valence-electron chi connectivity index (χ2n) is 7.86. The topological polar surface area (TPSA) is 153 Å². The van der Waals surface area contributed by atoms with Gasteiger partial charge in [-0.25, -0.2) is 0 Å². The Kier molecular flexibility index (Phi) is 8.66. The van der Waals surface area contributed by atoms with Gasteiger partial charge in [-0.15, -0.1) is 0 Å². The maximum absolute atomic E-state index is 12.9. The molecule has 4 amide bonds. The van der Waals surface area contributed by atoms with Gasteiger partial charge in [0.2, 0.25) is 17.7 Å². The van der Waals surface area contributed by atoms with Crippen molar-refractivity contribution in [2.45, 2.75) is 51.2 Å². The van der Waals surface area contributed by atoms with Gasteiger partial charge in [0.15, 0.2) is 0 Å². The summed E-state index contributed by atoms with van der Waals surface area (Å²) in [6, 6.07) is 3.34. The summed E-state index contributed by atoms with van der Waals surface area (Å²) < 4.78 is 0. The molecule has 0 aliphatic carbocycles. The summed E-state index contributed by atoms with van der Waals surface area (Å²) >= 11 is 0. The van der Waals surface area contributed by atoms with Crippen molar-refractivity contribution >= 4 is 41.6 Å². The lowest BCUT2D eigenvalue weighted by atomic mass is 10.1. The number of aldehydes is 1. The second-order valence-corrected chi connectivity index (χ2v) is 7.86. The number of likely N-dealkylation sites (tertiary alicyclic amines) is 1. The van der Waals surface area contributed by atoms with Crippen LogP contribution in [-0.4, -0.2) is 77.6 Å². The van der Waals surface area contributed by atoms with E-state index in [2.05, 4.69) is 10.6 Å². The lowest BCUT2D eigenvalue weighted by Gasteiger charge is -2.27. The van der Waals surface area contributed by atoms with Crippen molar-refractivity contribution in [1.29, 1.82) is 0 Å². The molecule has 0 bridgehead atoms. The third-order valence-electron chi connectivity index (χ3n) is 5.43. The average Bonchev–Trinajstić information content (AvgIpc) is 3.27. The number of carboxylic acids is 1. The van der Waals surface area contributed by atoms with Gasteiger partial charge in [0.05, 0.1) is 12.5 Å². The molecule has 11 nitrogen and oxygen atoms in total. The molecule has 1 aromatic carbocycles. The fraction of sp³-hybridized carbons (Fsp3) is 0.455. The van der Waals surface area contributed by atoms with Gasteiger partial charge in [-0.2, -0.15) is 0 Å². The molecule has 3 N–H and O–H groups in total. The van der Waals surface area contributed by atoms with E-state index in [9.17, 15) is 28.8 Å². The molecule has 1 heterocycles. The Morgan fingerprint density at radius 3 is 2.36 bits per heavy atom. The number of anilines is 1. The molecule has 0 aromatic heterocycles. The first-order chi connectivity index (χ1) is 15.5.